The molecule has 0 aromatic heterocycles. The van der Waals surface area contributed by atoms with Crippen LogP contribution in [0.5, 0.6) is 5.75 Å². The van der Waals surface area contributed by atoms with Crippen molar-refractivity contribution < 1.29 is 14.2 Å². The van der Waals surface area contributed by atoms with Gasteiger partial charge in [0.25, 0.3) is 0 Å². The van der Waals surface area contributed by atoms with Crippen LogP contribution in [0.4, 0.5) is 0 Å². The first kappa shape index (κ1) is 16.3. The predicted molar refractivity (Wildman–Crippen MR) is 83.8 cm³/mol. The van der Waals surface area contributed by atoms with Crippen molar-refractivity contribution in [1.82, 2.24) is 5.32 Å². The second kappa shape index (κ2) is 7.78. The Morgan fingerprint density at radius 1 is 1.19 bits per heavy atom. The van der Waals surface area contributed by atoms with E-state index in [0.29, 0.717) is 0 Å². The van der Waals surface area contributed by atoms with E-state index in [2.05, 4.69) is 31.3 Å². The smallest absolute Gasteiger partial charge is 0.118 e. The van der Waals surface area contributed by atoms with E-state index in [9.17, 15) is 0 Å². The van der Waals surface area contributed by atoms with Crippen LogP contribution in [0.15, 0.2) is 24.3 Å². The van der Waals surface area contributed by atoms with Gasteiger partial charge in [-0.1, -0.05) is 12.1 Å². The van der Waals surface area contributed by atoms with Gasteiger partial charge in [-0.2, -0.15) is 0 Å². The number of hydrogen-bond acceptors (Lipinski definition) is 4. The lowest BCUT2D eigenvalue weighted by molar-refractivity contribution is -0.121. The number of ether oxygens (including phenoxy) is 3. The molecule has 1 N–H and O–H groups in total. The van der Waals surface area contributed by atoms with Crippen molar-refractivity contribution in [3.8, 4) is 5.75 Å². The van der Waals surface area contributed by atoms with Gasteiger partial charge in [0.1, 0.15) is 5.75 Å². The SMILES string of the molecule is CNCC(OC1CC(C)OC(C)C1)c1ccc(OC)cc1. The molecule has 21 heavy (non-hydrogen) atoms. The first-order valence-electron chi connectivity index (χ1n) is 7.71. The van der Waals surface area contributed by atoms with E-state index in [1.165, 1.54) is 5.56 Å². The zero-order valence-electron chi connectivity index (χ0n) is 13.5. The molecule has 3 unspecified atom stereocenters. The van der Waals surface area contributed by atoms with Gasteiger partial charge in [-0.3, -0.25) is 0 Å². The molecule has 1 aromatic carbocycles. The number of hydrogen-bond donors (Lipinski definition) is 1. The minimum atomic E-state index is 0.0587. The van der Waals surface area contributed by atoms with Crippen LogP contribution in [0, 0.1) is 0 Å². The second-order valence-electron chi connectivity index (χ2n) is 5.81. The Hall–Kier alpha value is -1.10. The van der Waals surface area contributed by atoms with Gasteiger partial charge < -0.3 is 19.5 Å². The summed E-state index contributed by atoms with van der Waals surface area (Å²) in [6.45, 7) is 5.03. The molecule has 1 aliphatic rings. The molecule has 1 aromatic rings. The molecule has 4 nitrogen and oxygen atoms in total. The fraction of sp³-hybridized carbons (Fsp3) is 0.647. The molecule has 0 spiro atoms. The summed E-state index contributed by atoms with van der Waals surface area (Å²) >= 11 is 0. The molecular formula is C17H27NO3. The van der Waals surface area contributed by atoms with Crippen LogP contribution in [0.1, 0.15) is 38.4 Å². The first-order chi connectivity index (χ1) is 10.1. The van der Waals surface area contributed by atoms with Gasteiger partial charge >= 0.3 is 0 Å². The van der Waals surface area contributed by atoms with Gasteiger partial charge in [0.15, 0.2) is 0 Å². The third-order valence-corrected chi connectivity index (χ3v) is 3.89. The predicted octanol–water partition coefficient (Wildman–Crippen LogP) is 2.93. The third-order valence-electron chi connectivity index (χ3n) is 3.89. The van der Waals surface area contributed by atoms with Crippen molar-refractivity contribution in [3.63, 3.8) is 0 Å². The molecule has 4 heteroatoms. The summed E-state index contributed by atoms with van der Waals surface area (Å²) in [6, 6.07) is 8.12. The van der Waals surface area contributed by atoms with Gasteiger partial charge in [0, 0.05) is 6.54 Å². The summed E-state index contributed by atoms with van der Waals surface area (Å²) < 4.78 is 17.3. The minimum absolute atomic E-state index is 0.0587. The molecular weight excluding hydrogens is 266 g/mol. The largest absolute Gasteiger partial charge is 0.497 e. The number of benzene rings is 1. The third kappa shape index (κ3) is 4.70. The van der Waals surface area contributed by atoms with E-state index in [1.807, 2.05) is 19.2 Å². The van der Waals surface area contributed by atoms with E-state index in [-0.39, 0.29) is 24.4 Å². The van der Waals surface area contributed by atoms with Gasteiger partial charge in [-0.25, -0.2) is 0 Å². The monoisotopic (exact) mass is 293 g/mol. The molecule has 0 amide bonds. The maximum Gasteiger partial charge on any atom is 0.118 e. The van der Waals surface area contributed by atoms with E-state index in [0.717, 1.165) is 25.1 Å². The van der Waals surface area contributed by atoms with Gasteiger partial charge in [-0.05, 0) is 51.4 Å². The topological polar surface area (TPSA) is 39.7 Å². The van der Waals surface area contributed by atoms with Crippen LogP contribution >= 0.6 is 0 Å². The number of likely N-dealkylation sites (N-methyl/N-ethyl adjacent to an activating group) is 1. The van der Waals surface area contributed by atoms with Crippen LogP contribution in [-0.2, 0) is 9.47 Å². The highest BCUT2D eigenvalue weighted by atomic mass is 16.5. The molecule has 0 saturated carbocycles. The summed E-state index contributed by atoms with van der Waals surface area (Å²) in [5, 5.41) is 3.22. The Balaban J connectivity index is 2.03. The number of nitrogens with one attached hydrogen (secondary N) is 1. The van der Waals surface area contributed by atoms with Crippen molar-refractivity contribution in [2.24, 2.45) is 0 Å². The van der Waals surface area contributed by atoms with Crippen molar-refractivity contribution in [3.05, 3.63) is 29.8 Å². The standard InChI is InChI=1S/C17H27NO3/c1-12-9-16(10-13(2)20-12)21-17(11-18-3)14-5-7-15(19-4)8-6-14/h5-8,12-13,16-18H,9-11H2,1-4H3. The highest BCUT2D eigenvalue weighted by Gasteiger charge is 2.27. The van der Waals surface area contributed by atoms with E-state index < -0.39 is 0 Å². The van der Waals surface area contributed by atoms with Crippen LogP contribution in [-0.4, -0.2) is 39.0 Å². The van der Waals surface area contributed by atoms with Crippen molar-refractivity contribution in [1.29, 1.82) is 0 Å². The normalized spacial score (nSPS) is 27.3. The summed E-state index contributed by atoms with van der Waals surface area (Å²) in [4.78, 5) is 0. The maximum absolute atomic E-state index is 6.35. The molecule has 1 fully saturated rings. The number of rotatable bonds is 6. The Bertz CT molecular complexity index is 411. The van der Waals surface area contributed by atoms with Gasteiger partial charge in [-0.15, -0.1) is 0 Å². The van der Waals surface area contributed by atoms with Crippen LogP contribution in [0.25, 0.3) is 0 Å². The van der Waals surface area contributed by atoms with Crippen molar-refractivity contribution in [2.45, 2.75) is 51.1 Å². The van der Waals surface area contributed by atoms with Crippen molar-refractivity contribution >= 4 is 0 Å². The molecule has 1 heterocycles. The summed E-state index contributed by atoms with van der Waals surface area (Å²) in [5.74, 6) is 0.871. The minimum Gasteiger partial charge on any atom is -0.497 e. The van der Waals surface area contributed by atoms with Crippen LogP contribution in [0.2, 0.25) is 0 Å². The zero-order chi connectivity index (χ0) is 15.2. The Morgan fingerprint density at radius 3 is 2.33 bits per heavy atom. The molecule has 0 bridgehead atoms. The Labute approximate surface area is 127 Å². The fourth-order valence-corrected chi connectivity index (χ4v) is 2.94. The lowest BCUT2D eigenvalue weighted by atomic mass is 10.0. The molecule has 118 valence electrons. The molecule has 0 aliphatic carbocycles. The molecule has 0 radical (unpaired) electrons. The first-order valence-corrected chi connectivity index (χ1v) is 7.71. The van der Waals surface area contributed by atoms with Crippen LogP contribution in [0.3, 0.4) is 0 Å². The summed E-state index contributed by atoms with van der Waals surface area (Å²) in [6.07, 6.45) is 2.77. The van der Waals surface area contributed by atoms with Crippen LogP contribution < -0.4 is 10.1 Å². The quantitative estimate of drug-likeness (QED) is 0.875. The van der Waals surface area contributed by atoms with E-state index in [1.54, 1.807) is 7.11 Å². The lowest BCUT2D eigenvalue weighted by Gasteiger charge is -2.34. The number of methoxy groups -OCH3 is 1. The average molecular weight is 293 g/mol. The average Bonchev–Trinajstić information content (AvgIpc) is 2.46. The van der Waals surface area contributed by atoms with E-state index in [4.69, 9.17) is 14.2 Å². The fourth-order valence-electron chi connectivity index (χ4n) is 2.94. The van der Waals surface area contributed by atoms with E-state index >= 15 is 0 Å². The lowest BCUT2D eigenvalue weighted by Crippen LogP contribution is -2.36. The molecule has 1 saturated heterocycles. The molecule has 1 aliphatic heterocycles. The summed E-state index contributed by atoms with van der Waals surface area (Å²) in [7, 11) is 3.64. The highest BCUT2D eigenvalue weighted by molar-refractivity contribution is 5.28. The Morgan fingerprint density at radius 2 is 1.81 bits per heavy atom. The Kier molecular flexibility index (Phi) is 6.03. The summed E-state index contributed by atoms with van der Waals surface area (Å²) in [5.41, 5.74) is 1.18. The van der Waals surface area contributed by atoms with Crippen molar-refractivity contribution in [2.75, 3.05) is 20.7 Å². The second-order valence-corrected chi connectivity index (χ2v) is 5.81. The maximum atomic E-state index is 6.35. The highest BCUT2D eigenvalue weighted by Crippen LogP contribution is 2.28. The van der Waals surface area contributed by atoms with Gasteiger partial charge in [0.2, 0.25) is 0 Å². The van der Waals surface area contributed by atoms with Gasteiger partial charge in [0.05, 0.1) is 31.5 Å². The molecule has 2 rings (SSSR count). The molecule has 3 atom stereocenters. The zero-order valence-corrected chi connectivity index (χ0v) is 13.5.